The highest BCUT2D eigenvalue weighted by Crippen LogP contribution is 2.25. The summed E-state index contributed by atoms with van der Waals surface area (Å²) < 4.78 is 5.97. The smallest absolute Gasteiger partial charge is 0.0610 e. The Balaban J connectivity index is 2.15. The van der Waals surface area contributed by atoms with Crippen LogP contribution in [0.4, 0.5) is 0 Å². The van der Waals surface area contributed by atoms with Crippen molar-refractivity contribution in [2.24, 2.45) is 5.92 Å². The summed E-state index contributed by atoms with van der Waals surface area (Å²) in [7, 11) is 0. The van der Waals surface area contributed by atoms with E-state index >= 15 is 0 Å². The molecule has 1 atom stereocenters. The lowest BCUT2D eigenvalue weighted by Gasteiger charge is -2.32. The van der Waals surface area contributed by atoms with Crippen molar-refractivity contribution in [3.05, 3.63) is 0 Å². The zero-order chi connectivity index (χ0) is 14.3. The lowest BCUT2D eigenvalue weighted by molar-refractivity contribution is 0.0138. The first-order valence-corrected chi connectivity index (χ1v) is 7.95. The average Bonchev–Trinajstić information content (AvgIpc) is 2.36. The van der Waals surface area contributed by atoms with Gasteiger partial charge in [-0.05, 0) is 51.4 Å². The van der Waals surface area contributed by atoms with Crippen LogP contribution in [0.2, 0.25) is 0 Å². The molecule has 19 heavy (non-hydrogen) atoms. The predicted molar refractivity (Wildman–Crippen MR) is 80.4 cm³/mol. The Labute approximate surface area is 119 Å². The third-order valence-corrected chi connectivity index (χ3v) is 4.18. The van der Waals surface area contributed by atoms with Gasteiger partial charge in [-0.3, -0.25) is 0 Å². The Morgan fingerprint density at radius 1 is 1.26 bits per heavy atom. The highest BCUT2D eigenvalue weighted by molar-refractivity contribution is 4.83. The molecule has 1 fully saturated rings. The van der Waals surface area contributed by atoms with E-state index in [0.717, 1.165) is 25.4 Å². The quantitative estimate of drug-likeness (QED) is 0.667. The number of ether oxygens (including phenoxy) is 1. The molecule has 0 amide bonds. The van der Waals surface area contributed by atoms with Crippen molar-refractivity contribution in [2.75, 3.05) is 13.2 Å². The molecule has 1 aliphatic rings. The fourth-order valence-corrected chi connectivity index (χ4v) is 3.00. The lowest BCUT2D eigenvalue weighted by atomic mass is 9.89. The van der Waals surface area contributed by atoms with Gasteiger partial charge in [-0.2, -0.15) is 0 Å². The van der Waals surface area contributed by atoms with Gasteiger partial charge in [-0.25, -0.2) is 0 Å². The minimum Gasteiger partial charge on any atom is -0.394 e. The molecule has 0 spiro atoms. The van der Waals surface area contributed by atoms with Crippen LogP contribution in [0.3, 0.4) is 0 Å². The minimum absolute atomic E-state index is 0.168. The summed E-state index contributed by atoms with van der Waals surface area (Å²) in [5, 5.41) is 13.0. The molecule has 1 unspecified atom stereocenters. The van der Waals surface area contributed by atoms with Crippen LogP contribution in [0.25, 0.3) is 0 Å². The summed E-state index contributed by atoms with van der Waals surface area (Å²) in [4.78, 5) is 0. The van der Waals surface area contributed by atoms with Crippen LogP contribution in [0.5, 0.6) is 0 Å². The van der Waals surface area contributed by atoms with E-state index in [1.54, 1.807) is 0 Å². The summed E-state index contributed by atoms with van der Waals surface area (Å²) in [6.45, 7) is 9.68. The summed E-state index contributed by atoms with van der Waals surface area (Å²) in [6, 6.07) is 0.401. The van der Waals surface area contributed by atoms with Crippen LogP contribution in [0, 0.1) is 5.92 Å². The molecule has 0 aromatic carbocycles. The molecule has 0 saturated heterocycles. The predicted octanol–water partition coefficient (Wildman–Crippen LogP) is 3.11. The molecule has 1 aliphatic carbocycles. The van der Waals surface area contributed by atoms with Crippen LogP contribution < -0.4 is 5.32 Å². The van der Waals surface area contributed by atoms with E-state index in [-0.39, 0.29) is 12.1 Å². The molecule has 0 heterocycles. The summed E-state index contributed by atoms with van der Waals surface area (Å²) in [5.41, 5.74) is -0.168. The molecule has 1 saturated carbocycles. The molecule has 2 N–H and O–H groups in total. The molecular weight excluding hydrogens is 238 g/mol. The second-order valence-electron chi connectivity index (χ2n) is 6.87. The van der Waals surface area contributed by atoms with Crippen LogP contribution in [0.1, 0.15) is 66.2 Å². The fraction of sp³-hybridized carbons (Fsp3) is 1.00. The molecular formula is C16H33NO2. The maximum absolute atomic E-state index is 9.51. The fourth-order valence-electron chi connectivity index (χ4n) is 3.00. The lowest BCUT2D eigenvalue weighted by Crippen LogP contribution is -2.49. The minimum atomic E-state index is -0.168. The van der Waals surface area contributed by atoms with E-state index in [0.29, 0.717) is 12.1 Å². The molecule has 0 aliphatic heterocycles. The van der Waals surface area contributed by atoms with E-state index in [9.17, 15) is 5.11 Å². The van der Waals surface area contributed by atoms with E-state index in [1.165, 1.54) is 25.7 Å². The van der Waals surface area contributed by atoms with Crippen molar-refractivity contribution < 1.29 is 9.84 Å². The van der Waals surface area contributed by atoms with E-state index in [1.807, 2.05) is 0 Å². The monoisotopic (exact) mass is 271 g/mol. The molecule has 114 valence electrons. The number of aliphatic hydroxyl groups is 1. The third kappa shape index (κ3) is 6.73. The Hall–Kier alpha value is -0.120. The third-order valence-electron chi connectivity index (χ3n) is 4.18. The maximum atomic E-state index is 9.51. The number of rotatable bonds is 8. The first-order chi connectivity index (χ1) is 8.95. The van der Waals surface area contributed by atoms with Crippen molar-refractivity contribution >= 4 is 0 Å². The SMILES string of the molecule is CC1CCC(OCCCC(C)(CO)NC(C)C)CC1. The Kier molecular flexibility index (Phi) is 7.33. The second-order valence-corrected chi connectivity index (χ2v) is 6.87. The van der Waals surface area contributed by atoms with E-state index in [4.69, 9.17) is 4.74 Å². The van der Waals surface area contributed by atoms with Crippen LogP contribution in [-0.2, 0) is 4.74 Å². The summed E-state index contributed by atoms with van der Waals surface area (Å²) in [5.74, 6) is 0.882. The van der Waals surface area contributed by atoms with Gasteiger partial charge in [0, 0.05) is 18.2 Å². The van der Waals surface area contributed by atoms with E-state index in [2.05, 4.69) is 33.0 Å². The number of nitrogens with one attached hydrogen (secondary N) is 1. The van der Waals surface area contributed by atoms with Gasteiger partial charge in [0.25, 0.3) is 0 Å². The zero-order valence-corrected chi connectivity index (χ0v) is 13.2. The van der Waals surface area contributed by atoms with Gasteiger partial charge in [0.15, 0.2) is 0 Å². The van der Waals surface area contributed by atoms with Gasteiger partial charge in [0.2, 0.25) is 0 Å². The second kappa shape index (κ2) is 8.23. The molecule has 0 aromatic rings. The highest BCUT2D eigenvalue weighted by Gasteiger charge is 2.24. The number of hydrogen-bond acceptors (Lipinski definition) is 3. The zero-order valence-electron chi connectivity index (χ0n) is 13.2. The summed E-state index contributed by atoms with van der Waals surface area (Å²) in [6.07, 6.45) is 7.54. The largest absolute Gasteiger partial charge is 0.394 e. The van der Waals surface area contributed by atoms with Gasteiger partial charge in [0.05, 0.1) is 12.7 Å². The molecule has 0 aromatic heterocycles. The first-order valence-electron chi connectivity index (χ1n) is 7.95. The standard InChI is InChI=1S/C16H33NO2/c1-13(2)17-16(4,12-18)10-5-11-19-15-8-6-14(3)7-9-15/h13-15,17-18H,5-12H2,1-4H3. The Morgan fingerprint density at radius 3 is 2.42 bits per heavy atom. The van der Waals surface area contributed by atoms with Crippen LogP contribution in [-0.4, -0.2) is 36.0 Å². The van der Waals surface area contributed by atoms with Crippen molar-refractivity contribution in [3.8, 4) is 0 Å². The van der Waals surface area contributed by atoms with Gasteiger partial charge < -0.3 is 15.2 Å². The van der Waals surface area contributed by atoms with Gasteiger partial charge >= 0.3 is 0 Å². The Morgan fingerprint density at radius 2 is 1.89 bits per heavy atom. The Bertz CT molecular complexity index is 237. The molecule has 0 radical (unpaired) electrons. The van der Waals surface area contributed by atoms with Crippen molar-refractivity contribution in [1.82, 2.24) is 5.32 Å². The van der Waals surface area contributed by atoms with Gasteiger partial charge in [-0.15, -0.1) is 0 Å². The molecule has 0 bridgehead atoms. The highest BCUT2D eigenvalue weighted by atomic mass is 16.5. The summed E-state index contributed by atoms with van der Waals surface area (Å²) >= 11 is 0. The van der Waals surface area contributed by atoms with Gasteiger partial charge in [-0.1, -0.05) is 20.8 Å². The average molecular weight is 271 g/mol. The number of hydrogen-bond donors (Lipinski definition) is 2. The molecule has 3 nitrogen and oxygen atoms in total. The maximum Gasteiger partial charge on any atom is 0.0610 e. The van der Waals surface area contributed by atoms with Gasteiger partial charge in [0.1, 0.15) is 0 Å². The van der Waals surface area contributed by atoms with Crippen molar-refractivity contribution in [2.45, 2.75) is 83.9 Å². The van der Waals surface area contributed by atoms with Crippen molar-refractivity contribution in [1.29, 1.82) is 0 Å². The van der Waals surface area contributed by atoms with E-state index < -0.39 is 0 Å². The molecule has 3 heteroatoms. The molecule has 1 rings (SSSR count). The van der Waals surface area contributed by atoms with Crippen LogP contribution >= 0.6 is 0 Å². The topological polar surface area (TPSA) is 41.5 Å². The number of aliphatic hydroxyl groups excluding tert-OH is 1. The first kappa shape index (κ1) is 16.9. The normalized spacial score (nSPS) is 27.5. The van der Waals surface area contributed by atoms with Crippen molar-refractivity contribution in [3.63, 3.8) is 0 Å². The van der Waals surface area contributed by atoms with Crippen LogP contribution in [0.15, 0.2) is 0 Å².